The second-order valence-corrected chi connectivity index (χ2v) is 4.74. The van der Waals surface area contributed by atoms with Gasteiger partial charge in [0.1, 0.15) is 0 Å². The molecule has 0 unspecified atom stereocenters. The maximum absolute atomic E-state index is 9.15. The van der Waals surface area contributed by atoms with E-state index in [0.29, 0.717) is 17.2 Å². The van der Waals surface area contributed by atoms with Crippen LogP contribution in [0.1, 0.15) is 32.1 Å². The van der Waals surface area contributed by atoms with Crippen LogP contribution in [0.5, 0.6) is 0 Å². The Morgan fingerprint density at radius 2 is 1.82 bits per heavy atom. The molecule has 2 rings (SSSR count). The Kier molecular flexibility index (Phi) is 3.91. The fourth-order valence-corrected chi connectivity index (χ4v) is 2.39. The minimum Gasteiger partial charge on any atom is -0.423 e. The molecule has 0 radical (unpaired) electrons. The molecule has 1 aliphatic rings. The molecule has 0 atom stereocenters. The van der Waals surface area contributed by atoms with Crippen LogP contribution in [0.15, 0.2) is 18.2 Å². The first-order valence-corrected chi connectivity index (χ1v) is 6.18. The lowest BCUT2D eigenvalue weighted by molar-refractivity contribution is 0.426. The average Bonchev–Trinajstić information content (AvgIpc) is 2.29. The zero-order chi connectivity index (χ0) is 12.3. The molecule has 1 aliphatic carbocycles. The third kappa shape index (κ3) is 3.38. The molecule has 0 saturated heterocycles. The molecule has 0 amide bonds. The van der Waals surface area contributed by atoms with Gasteiger partial charge in [-0.1, -0.05) is 19.3 Å². The topological polar surface area (TPSA) is 78.5 Å². The standard InChI is InChI=1S/C12H19BN2O2/c14-10-6-9(13(16)17)7-12(8-10)15-11-4-2-1-3-5-11/h6-8,11,15-17H,1-5,14H2. The lowest BCUT2D eigenvalue weighted by atomic mass is 9.80. The second kappa shape index (κ2) is 5.43. The van der Waals surface area contributed by atoms with Crippen molar-refractivity contribution in [2.75, 3.05) is 11.1 Å². The van der Waals surface area contributed by atoms with Crippen molar-refractivity contribution in [2.45, 2.75) is 38.1 Å². The van der Waals surface area contributed by atoms with Crippen LogP contribution in [0, 0.1) is 0 Å². The zero-order valence-electron chi connectivity index (χ0n) is 9.89. The Balaban J connectivity index is 2.09. The summed E-state index contributed by atoms with van der Waals surface area (Å²) in [7, 11) is -1.47. The summed E-state index contributed by atoms with van der Waals surface area (Å²) >= 11 is 0. The van der Waals surface area contributed by atoms with E-state index in [9.17, 15) is 0 Å². The van der Waals surface area contributed by atoms with Crippen LogP contribution in [0.25, 0.3) is 0 Å². The largest absolute Gasteiger partial charge is 0.488 e. The maximum Gasteiger partial charge on any atom is 0.488 e. The Morgan fingerprint density at radius 3 is 2.47 bits per heavy atom. The fraction of sp³-hybridized carbons (Fsp3) is 0.500. The van der Waals surface area contributed by atoms with Gasteiger partial charge in [-0.25, -0.2) is 0 Å². The van der Waals surface area contributed by atoms with E-state index in [1.807, 2.05) is 6.07 Å². The monoisotopic (exact) mass is 234 g/mol. The van der Waals surface area contributed by atoms with E-state index in [2.05, 4.69) is 5.32 Å². The molecule has 1 saturated carbocycles. The number of nitrogens with two attached hydrogens (primary N) is 1. The van der Waals surface area contributed by atoms with Gasteiger partial charge in [0.15, 0.2) is 0 Å². The molecule has 17 heavy (non-hydrogen) atoms. The van der Waals surface area contributed by atoms with Crippen LogP contribution in [-0.4, -0.2) is 23.2 Å². The fourth-order valence-electron chi connectivity index (χ4n) is 2.39. The third-order valence-corrected chi connectivity index (χ3v) is 3.25. The van der Waals surface area contributed by atoms with Gasteiger partial charge >= 0.3 is 7.12 Å². The van der Waals surface area contributed by atoms with E-state index >= 15 is 0 Å². The van der Waals surface area contributed by atoms with Crippen molar-refractivity contribution in [2.24, 2.45) is 0 Å². The van der Waals surface area contributed by atoms with E-state index in [0.717, 1.165) is 5.69 Å². The van der Waals surface area contributed by atoms with Crippen molar-refractivity contribution in [1.29, 1.82) is 0 Å². The maximum atomic E-state index is 9.15. The van der Waals surface area contributed by atoms with Crippen LogP contribution in [0.4, 0.5) is 11.4 Å². The first-order valence-electron chi connectivity index (χ1n) is 6.18. The van der Waals surface area contributed by atoms with Gasteiger partial charge in [-0.3, -0.25) is 0 Å². The third-order valence-electron chi connectivity index (χ3n) is 3.25. The summed E-state index contributed by atoms with van der Waals surface area (Å²) in [5, 5.41) is 21.7. The molecule has 0 spiro atoms. The molecule has 5 N–H and O–H groups in total. The smallest absolute Gasteiger partial charge is 0.423 e. The molecule has 4 nitrogen and oxygen atoms in total. The predicted octanol–water partition coefficient (Wildman–Crippen LogP) is 0.693. The summed E-state index contributed by atoms with van der Waals surface area (Å²) in [6.07, 6.45) is 6.18. The van der Waals surface area contributed by atoms with Gasteiger partial charge in [0.05, 0.1) is 0 Å². The van der Waals surface area contributed by atoms with E-state index < -0.39 is 7.12 Å². The Hall–Kier alpha value is -1.20. The number of hydrogen-bond acceptors (Lipinski definition) is 4. The van der Waals surface area contributed by atoms with E-state index in [-0.39, 0.29) is 0 Å². The quantitative estimate of drug-likeness (QED) is 0.458. The minimum atomic E-state index is -1.47. The zero-order valence-corrected chi connectivity index (χ0v) is 9.89. The molecule has 0 bridgehead atoms. The van der Waals surface area contributed by atoms with Gasteiger partial charge in [-0.2, -0.15) is 0 Å². The normalized spacial score (nSPS) is 16.8. The van der Waals surface area contributed by atoms with Crippen LogP contribution < -0.4 is 16.5 Å². The Labute approximate surface area is 102 Å². The lowest BCUT2D eigenvalue weighted by Crippen LogP contribution is -2.31. The van der Waals surface area contributed by atoms with Crippen molar-refractivity contribution in [3.05, 3.63) is 18.2 Å². The van der Waals surface area contributed by atoms with E-state index in [4.69, 9.17) is 15.8 Å². The number of anilines is 2. The van der Waals surface area contributed by atoms with Crippen molar-refractivity contribution in [1.82, 2.24) is 0 Å². The highest BCUT2D eigenvalue weighted by Crippen LogP contribution is 2.22. The second-order valence-electron chi connectivity index (χ2n) is 4.74. The molecule has 1 aromatic rings. The van der Waals surface area contributed by atoms with Gasteiger partial charge in [-0.05, 0) is 36.5 Å². The number of nitrogen functional groups attached to an aromatic ring is 1. The van der Waals surface area contributed by atoms with Gasteiger partial charge in [0, 0.05) is 17.4 Å². The summed E-state index contributed by atoms with van der Waals surface area (Å²) in [5.74, 6) is 0. The first kappa shape index (κ1) is 12.3. The van der Waals surface area contributed by atoms with Gasteiger partial charge in [0.25, 0.3) is 0 Å². The summed E-state index contributed by atoms with van der Waals surface area (Å²) in [6.45, 7) is 0. The summed E-state index contributed by atoms with van der Waals surface area (Å²) < 4.78 is 0. The molecule has 0 heterocycles. The first-order chi connectivity index (χ1) is 8.15. The predicted molar refractivity (Wildman–Crippen MR) is 71.2 cm³/mol. The molecule has 0 aromatic heterocycles. The summed E-state index contributed by atoms with van der Waals surface area (Å²) in [5.41, 5.74) is 7.60. The molecule has 1 fully saturated rings. The van der Waals surface area contributed by atoms with Gasteiger partial charge in [0.2, 0.25) is 0 Å². The van der Waals surface area contributed by atoms with Gasteiger partial charge < -0.3 is 21.1 Å². The van der Waals surface area contributed by atoms with Crippen LogP contribution in [-0.2, 0) is 0 Å². The number of hydrogen-bond donors (Lipinski definition) is 4. The Bertz CT molecular complexity index is 379. The molecular formula is C12H19BN2O2. The van der Waals surface area contributed by atoms with E-state index in [1.165, 1.54) is 32.1 Å². The minimum absolute atomic E-state index is 0.434. The van der Waals surface area contributed by atoms with Crippen LogP contribution in [0.2, 0.25) is 0 Å². The van der Waals surface area contributed by atoms with Crippen molar-refractivity contribution in [3.63, 3.8) is 0 Å². The highest BCUT2D eigenvalue weighted by atomic mass is 16.4. The summed E-state index contributed by atoms with van der Waals surface area (Å²) in [4.78, 5) is 0. The summed E-state index contributed by atoms with van der Waals surface area (Å²) in [6, 6.07) is 5.64. The molecule has 5 heteroatoms. The lowest BCUT2D eigenvalue weighted by Gasteiger charge is -2.24. The highest BCUT2D eigenvalue weighted by Gasteiger charge is 2.16. The molecule has 0 aliphatic heterocycles. The number of rotatable bonds is 3. The average molecular weight is 234 g/mol. The van der Waals surface area contributed by atoms with Crippen LogP contribution in [0.3, 0.4) is 0 Å². The van der Waals surface area contributed by atoms with Crippen molar-refractivity contribution >= 4 is 24.0 Å². The van der Waals surface area contributed by atoms with Crippen molar-refractivity contribution < 1.29 is 10.0 Å². The number of benzene rings is 1. The molecular weight excluding hydrogens is 215 g/mol. The van der Waals surface area contributed by atoms with Gasteiger partial charge in [-0.15, -0.1) is 0 Å². The molecule has 1 aromatic carbocycles. The Morgan fingerprint density at radius 1 is 1.12 bits per heavy atom. The molecule has 92 valence electrons. The van der Waals surface area contributed by atoms with E-state index in [1.54, 1.807) is 12.1 Å². The number of nitrogens with one attached hydrogen (secondary N) is 1. The highest BCUT2D eigenvalue weighted by molar-refractivity contribution is 6.58. The van der Waals surface area contributed by atoms with Crippen molar-refractivity contribution in [3.8, 4) is 0 Å². The SMILES string of the molecule is Nc1cc(NC2CCCCC2)cc(B(O)O)c1. The van der Waals surface area contributed by atoms with Crippen LogP contribution >= 0.6 is 0 Å².